The van der Waals surface area contributed by atoms with Gasteiger partial charge < -0.3 is 30.1 Å². The molecule has 4 N–H and O–H groups in total. The molecule has 8 nitrogen and oxygen atoms in total. The van der Waals surface area contributed by atoms with Crippen LogP contribution in [0.1, 0.15) is 18.1 Å². The van der Waals surface area contributed by atoms with Gasteiger partial charge in [0, 0.05) is 24.8 Å². The molecule has 0 saturated heterocycles. The lowest BCUT2D eigenvalue weighted by molar-refractivity contribution is -0.135. The van der Waals surface area contributed by atoms with Crippen LogP contribution < -0.4 is 25.0 Å². The Morgan fingerprint density at radius 1 is 1.22 bits per heavy atom. The lowest BCUT2D eigenvalue weighted by Crippen LogP contribution is -2.51. The van der Waals surface area contributed by atoms with Gasteiger partial charge in [-0.25, -0.2) is 4.39 Å². The Kier molecular flexibility index (Phi) is 7.00. The van der Waals surface area contributed by atoms with Crippen molar-refractivity contribution in [2.24, 2.45) is 5.73 Å². The summed E-state index contributed by atoms with van der Waals surface area (Å²) in [6.45, 7) is 2.82. The number of aliphatic carboxylic acids is 1. The van der Waals surface area contributed by atoms with E-state index in [-0.39, 0.29) is 24.7 Å². The number of nitrogen functional groups attached to an aromatic ring is 1. The predicted octanol–water partition coefficient (Wildman–Crippen LogP) is 3.87. The molecule has 1 unspecified atom stereocenters. The third-order valence-electron chi connectivity index (χ3n) is 5.94. The molecule has 0 radical (unpaired) electrons. The molecule has 0 bridgehead atoms. The van der Waals surface area contributed by atoms with Gasteiger partial charge in [-0.2, -0.15) is 0 Å². The average molecular weight is 493 g/mol. The minimum atomic E-state index is -0.977. The third kappa shape index (κ3) is 5.86. The van der Waals surface area contributed by atoms with Gasteiger partial charge in [0.2, 0.25) is 0 Å². The van der Waals surface area contributed by atoms with Crippen LogP contribution in [0.3, 0.4) is 0 Å². The fraction of sp³-hybridized carbons (Fsp3) is 0.259. The summed E-state index contributed by atoms with van der Waals surface area (Å²) in [6, 6.07) is 18.7. The number of hydrogen-bond donors (Lipinski definition) is 3. The molecule has 0 aliphatic carbocycles. The number of likely N-dealkylation sites (N-methyl/N-ethyl adjacent to an activating group) is 1. The number of halogens is 1. The van der Waals surface area contributed by atoms with Gasteiger partial charge in [0.05, 0.1) is 12.2 Å². The van der Waals surface area contributed by atoms with Crippen LogP contribution in [0.25, 0.3) is 0 Å². The third-order valence-corrected chi connectivity index (χ3v) is 5.94. The SMILES string of the molecule is CN1CC(C)(COc2ccc(C(=N)N)cc2)Oc2ccc(N(CC(=O)O)Cc3cccc(F)c3)cc21. The summed E-state index contributed by atoms with van der Waals surface area (Å²) >= 11 is 0. The molecule has 0 fully saturated rings. The van der Waals surface area contributed by atoms with Crippen LogP contribution in [0.15, 0.2) is 66.7 Å². The van der Waals surface area contributed by atoms with Gasteiger partial charge in [0.25, 0.3) is 0 Å². The van der Waals surface area contributed by atoms with Crippen molar-refractivity contribution in [1.29, 1.82) is 5.41 Å². The highest BCUT2D eigenvalue weighted by Gasteiger charge is 2.36. The van der Waals surface area contributed by atoms with E-state index in [1.165, 1.54) is 12.1 Å². The van der Waals surface area contributed by atoms with E-state index in [4.69, 9.17) is 20.6 Å². The molecule has 36 heavy (non-hydrogen) atoms. The number of amidine groups is 1. The summed E-state index contributed by atoms with van der Waals surface area (Å²) in [5.74, 6) is -0.0335. The fourth-order valence-electron chi connectivity index (χ4n) is 4.27. The Balaban J connectivity index is 1.50. The maximum absolute atomic E-state index is 13.7. The molecule has 9 heteroatoms. The van der Waals surface area contributed by atoms with Crippen LogP contribution in [0.4, 0.5) is 15.8 Å². The van der Waals surface area contributed by atoms with Crippen LogP contribution in [0.5, 0.6) is 11.5 Å². The van der Waals surface area contributed by atoms with Gasteiger partial charge in [0.15, 0.2) is 5.60 Å². The lowest BCUT2D eigenvalue weighted by atomic mass is 10.0. The quantitative estimate of drug-likeness (QED) is 0.307. The highest BCUT2D eigenvalue weighted by atomic mass is 19.1. The van der Waals surface area contributed by atoms with E-state index in [1.54, 1.807) is 41.3 Å². The number of ether oxygens (including phenoxy) is 2. The first-order valence-corrected chi connectivity index (χ1v) is 11.4. The Hall–Kier alpha value is -4.27. The molecule has 4 rings (SSSR count). The van der Waals surface area contributed by atoms with E-state index >= 15 is 0 Å². The summed E-state index contributed by atoms with van der Waals surface area (Å²) in [6.07, 6.45) is 0. The molecule has 1 heterocycles. The summed E-state index contributed by atoms with van der Waals surface area (Å²) in [5.41, 5.74) is 7.70. The van der Waals surface area contributed by atoms with Crippen molar-refractivity contribution < 1.29 is 23.8 Å². The Labute approximate surface area is 209 Å². The zero-order valence-corrected chi connectivity index (χ0v) is 20.2. The molecular formula is C27H29FN4O4. The van der Waals surface area contributed by atoms with Crippen molar-refractivity contribution in [3.05, 3.63) is 83.7 Å². The van der Waals surface area contributed by atoms with E-state index in [9.17, 15) is 14.3 Å². The molecule has 0 aromatic heterocycles. The van der Waals surface area contributed by atoms with Crippen LogP contribution in [-0.4, -0.2) is 49.3 Å². The molecule has 0 saturated carbocycles. The lowest BCUT2D eigenvalue weighted by Gasteiger charge is -2.41. The second kappa shape index (κ2) is 10.2. The molecule has 1 aliphatic heterocycles. The highest BCUT2D eigenvalue weighted by Crippen LogP contribution is 2.39. The minimum absolute atomic E-state index is 0.000390. The number of carboxylic acids is 1. The monoisotopic (exact) mass is 492 g/mol. The standard InChI is InChI=1S/C27H29FN4O4/c1-27(17-35-22-9-6-19(7-10-22)26(29)30)16-31(2)23-13-21(8-11-24(23)36-27)32(15-25(33)34)14-18-4-3-5-20(28)12-18/h3-13H,14-17H2,1-2H3,(H3,29,30)(H,33,34). The second-order valence-electron chi connectivity index (χ2n) is 9.17. The summed E-state index contributed by atoms with van der Waals surface area (Å²) in [4.78, 5) is 15.3. The van der Waals surface area contributed by atoms with Crippen molar-refractivity contribution in [3.8, 4) is 11.5 Å². The molecule has 3 aromatic rings. The molecule has 3 aromatic carbocycles. The Bertz CT molecular complexity index is 1270. The van der Waals surface area contributed by atoms with Crippen LogP contribution in [0.2, 0.25) is 0 Å². The summed E-state index contributed by atoms with van der Waals surface area (Å²) in [7, 11) is 1.94. The zero-order chi connectivity index (χ0) is 25.9. The van der Waals surface area contributed by atoms with E-state index in [2.05, 4.69) is 0 Å². The Morgan fingerprint density at radius 2 is 1.97 bits per heavy atom. The van der Waals surface area contributed by atoms with E-state index in [0.29, 0.717) is 41.5 Å². The topological polar surface area (TPSA) is 112 Å². The van der Waals surface area contributed by atoms with Gasteiger partial charge in [0.1, 0.15) is 36.3 Å². The maximum Gasteiger partial charge on any atom is 0.323 e. The van der Waals surface area contributed by atoms with E-state index < -0.39 is 11.6 Å². The number of benzene rings is 3. The highest BCUT2D eigenvalue weighted by molar-refractivity contribution is 5.94. The number of hydrogen-bond acceptors (Lipinski definition) is 6. The first kappa shape index (κ1) is 24.8. The van der Waals surface area contributed by atoms with Crippen LogP contribution >= 0.6 is 0 Å². The molecular weight excluding hydrogens is 463 g/mol. The number of nitrogens with one attached hydrogen (secondary N) is 1. The maximum atomic E-state index is 13.7. The first-order chi connectivity index (χ1) is 17.1. The number of nitrogens with zero attached hydrogens (tertiary/aromatic N) is 2. The average Bonchev–Trinajstić information content (AvgIpc) is 2.82. The van der Waals surface area contributed by atoms with Crippen LogP contribution in [0, 0.1) is 11.2 Å². The van der Waals surface area contributed by atoms with Gasteiger partial charge in [-0.15, -0.1) is 0 Å². The van der Waals surface area contributed by atoms with Gasteiger partial charge >= 0.3 is 5.97 Å². The molecule has 0 amide bonds. The van der Waals surface area contributed by atoms with Crippen molar-refractivity contribution in [1.82, 2.24) is 0 Å². The number of rotatable bonds is 9. The van der Waals surface area contributed by atoms with E-state index in [1.807, 2.05) is 37.1 Å². The molecule has 0 spiro atoms. The summed E-state index contributed by atoms with van der Waals surface area (Å²) < 4.78 is 25.9. The molecule has 1 atom stereocenters. The second-order valence-corrected chi connectivity index (χ2v) is 9.17. The van der Waals surface area contributed by atoms with Gasteiger partial charge in [-0.3, -0.25) is 10.2 Å². The van der Waals surface area contributed by atoms with Crippen molar-refractivity contribution in [2.45, 2.75) is 19.1 Å². The molecule has 1 aliphatic rings. The Morgan fingerprint density at radius 3 is 2.64 bits per heavy atom. The zero-order valence-electron chi connectivity index (χ0n) is 20.2. The fourth-order valence-corrected chi connectivity index (χ4v) is 4.27. The number of fused-ring (bicyclic) bond motifs is 1. The summed E-state index contributed by atoms with van der Waals surface area (Å²) in [5, 5.41) is 16.9. The van der Waals surface area contributed by atoms with Crippen LogP contribution in [-0.2, 0) is 11.3 Å². The normalized spacial score (nSPS) is 16.6. The van der Waals surface area contributed by atoms with Gasteiger partial charge in [-0.05, 0) is 67.1 Å². The number of carboxylic acid groups (broad SMARTS) is 1. The number of carbonyl (C=O) groups is 1. The smallest absolute Gasteiger partial charge is 0.323 e. The number of nitrogens with two attached hydrogens (primary N) is 1. The first-order valence-electron chi connectivity index (χ1n) is 11.4. The number of anilines is 2. The minimum Gasteiger partial charge on any atom is -0.489 e. The van der Waals surface area contributed by atoms with Crippen molar-refractivity contribution >= 4 is 23.2 Å². The largest absolute Gasteiger partial charge is 0.489 e. The van der Waals surface area contributed by atoms with E-state index in [0.717, 1.165) is 5.69 Å². The molecule has 188 valence electrons. The van der Waals surface area contributed by atoms with Crippen molar-refractivity contribution in [2.75, 3.05) is 36.5 Å². The van der Waals surface area contributed by atoms with Crippen molar-refractivity contribution in [3.63, 3.8) is 0 Å². The predicted molar refractivity (Wildman–Crippen MR) is 137 cm³/mol. The van der Waals surface area contributed by atoms with Gasteiger partial charge in [-0.1, -0.05) is 12.1 Å².